The normalized spacial score (nSPS) is 11.8. The van der Waals surface area contributed by atoms with Crippen molar-refractivity contribution in [1.82, 2.24) is 14.8 Å². The molecule has 0 fully saturated rings. The third-order valence-corrected chi connectivity index (χ3v) is 4.40. The molecule has 0 spiro atoms. The van der Waals surface area contributed by atoms with E-state index in [1.165, 1.54) is 4.90 Å². The van der Waals surface area contributed by atoms with E-state index in [2.05, 4.69) is 10.1 Å². The van der Waals surface area contributed by atoms with Gasteiger partial charge in [0, 0.05) is 43.8 Å². The minimum atomic E-state index is -1.03. The first-order valence-corrected chi connectivity index (χ1v) is 8.66. The summed E-state index contributed by atoms with van der Waals surface area (Å²) in [4.78, 5) is 29.1. The molecule has 2 aromatic heterocycles. The Bertz CT molecular complexity index is 983. The summed E-state index contributed by atoms with van der Waals surface area (Å²) in [6, 6.07) is 9.77. The lowest BCUT2D eigenvalue weighted by Gasteiger charge is -2.16. The molecule has 0 radical (unpaired) electrons. The van der Waals surface area contributed by atoms with Gasteiger partial charge in [-0.05, 0) is 29.7 Å². The molecule has 3 N–H and O–H groups in total. The van der Waals surface area contributed by atoms with Crippen LogP contribution in [0.5, 0.6) is 0 Å². The lowest BCUT2D eigenvalue weighted by Crippen LogP contribution is -2.32. The zero-order valence-corrected chi connectivity index (χ0v) is 15.6. The third-order valence-electron chi connectivity index (χ3n) is 4.40. The summed E-state index contributed by atoms with van der Waals surface area (Å²) < 4.78 is 1.65. The second-order valence-corrected chi connectivity index (χ2v) is 6.49. The van der Waals surface area contributed by atoms with Crippen LogP contribution in [-0.2, 0) is 18.3 Å². The lowest BCUT2D eigenvalue weighted by atomic mass is 10.0. The van der Waals surface area contributed by atoms with E-state index in [1.807, 2.05) is 30.5 Å². The predicted octanol–water partition coefficient (Wildman–Crippen LogP) is 1.71. The van der Waals surface area contributed by atoms with E-state index in [-0.39, 0.29) is 12.3 Å². The number of nitrogens with zero attached hydrogens (tertiary/aromatic N) is 4. The predicted molar refractivity (Wildman–Crippen MR) is 105 cm³/mol. The quantitative estimate of drug-likeness (QED) is 0.674. The molecule has 3 rings (SSSR count). The van der Waals surface area contributed by atoms with E-state index in [0.717, 1.165) is 16.7 Å². The number of carbonyl (C=O) groups excluding carboxylic acids is 1. The molecule has 3 aromatic rings. The molecule has 0 unspecified atom stereocenters. The second kappa shape index (κ2) is 8.01. The van der Waals surface area contributed by atoms with Crippen LogP contribution in [0.15, 0.2) is 55.0 Å². The third kappa shape index (κ3) is 4.07. The van der Waals surface area contributed by atoms with Gasteiger partial charge in [0.05, 0.1) is 0 Å². The maximum absolute atomic E-state index is 12.8. The average Bonchev–Trinajstić information content (AvgIpc) is 3.09. The molecule has 2 heterocycles. The Hall–Kier alpha value is -3.52. The molecule has 1 aromatic carbocycles. The van der Waals surface area contributed by atoms with Crippen molar-refractivity contribution in [2.75, 3.05) is 11.9 Å². The van der Waals surface area contributed by atoms with E-state index < -0.39 is 12.0 Å². The molecule has 1 amide bonds. The highest BCUT2D eigenvalue weighted by Gasteiger charge is 2.21. The van der Waals surface area contributed by atoms with E-state index in [0.29, 0.717) is 11.4 Å². The first-order valence-electron chi connectivity index (χ1n) is 8.66. The fraction of sp³-hybridized carbons (Fsp3) is 0.200. The van der Waals surface area contributed by atoms with Crippen molar-refractivity contribution in [1.29, 1.82) is 0 Å². The highest BCUT2D eigenvalue weighted by atomic mass is 16.4. The van der Waals surface area contributed by atoms with Crippen LogP contribution in [0.2, 0.25) is 0 Å². The van der Waals surface area contributed by atoms with Gasteiger partial charge in [0.25, 0.3) is 5.91 Å². The van der Waals surface area contributed by atoms with Gasteiger partial charge in [-0.25, -0.2) is 0 Å². The van der Waals surface area contributed by atoms with Crippen LogP contribution in [-0.4, -0.2) is 44.8 Å². The zero-order chi connectivity index (χ0) is 20.3. The molecule has 8 nitrogen and oxygen atoms in total. The second-order valence-electron chi connectivity index (χ2n) is 6.49. The molecule has 0 aliphatic carbocycles. The summed E-state index contributed by atoms with van der Waals surface area (Å²) in [7, 11) is 3.47. The summed E-state index contributed by atoms with van der Waals surface area (Å²) in [5.41, 5.74) is 8.60. The maximum atomic E-state index is 12.8. The largest absolute Gasteiger partial charge is 0.480 e. The summed E-state index contributed by atoms with van der Waals surface area (Å²) in [6.45, 7) is 0. The zero-order valence-electron chi connectivity index (χ0n) is 15.6. The molecule has 0 saturated heterocycles. The van der Waals surface area contributed by atoms with Gasteiger partial charge >= 0.3 is 5.97 Å². The maximum Gasteiger partial charge on any atom is 0.320 e. The minimum absolute atomic E-state index is 0.189. The molecule has 1 atom stereocenters. The van der Waals surface area contributed by atoms with Crippen LogP contribution in [0, 0.1) is 0 Å². The van der Waals surface area contributed by atoms with Gasteiger partial charge in [0.1, 0.15) is 6.04 Å². The molecule has 0 aliphatic rings. The van der Waals surface area contributed by atoms with Crippen molar-refractivity contribution < 1.29 is 14.7 Å². The van der Waals surface area contributed by atoms with Gasteiger partial charge in [0.15, 0.2) is 5.82 Å². The molecule has 0 saturated carbocycles. The Labute approximate surface area is 162 Å². The first-order chi connectivity index (χ1) is 13.4. The number of hydrogen-bond donors (Lipinski definition) is 2. The van der Waals surface area contributed by atoms with Crippen molar-refractivity contribution >= 4 is 17.7 Å². The topological polar surface area (TPSA) is 114 Å². The number of carboxylic acid groups (broad SMARTS) is 1. The summed E-state index contributed by atoms with van der Waals surface area (Å²) >= 11 is 0. The van der Waals surface area contributed by atoms with Crippen LogP contribution in [0.1, 0.15) is 15.9 Å². The highest BCUT2D eigenvalue weighted by Crippen LogP contribution is 2.30. The molecule has 8 heteroatoms. The van der Waals surface area contributed by atoms with E-state index in [4.69, 9.17) is 10.8 Å². The van der Waals surface area contributed by atoms with Crippen LogP contribution in [0.4, 0.5) is 5.82 Å². The number of carbonyl (C=O) groups is 2. The first kappa shape index (κ1) is 19.2. The van der Waals surface area contributed by atoms with Crippen molar-refractivity contribution in [3.63, 3.8) is 0 Å². The Kier molecular flexibility index (Phi) is 5.51. The van der Waals surface area contributed by atoms with Crippen molar-refractivity contribution in [2.45, 2.75) is 12.5 Å². The van der Waals surface area contributed by atoms with Crippen LogP contribution in [0.25, 0.3) is 11.1 Å². The molecule has 0 aliphatic heterocycles. The Morgan fingerprint density at radius 3 is 2.43 bits per heavy atom. The summed E-state index contributed by atoms with van der Waals surface area (Å²) in [5, 5.41) is 13.4. The monoisotopic (exact) mass is 379 g/mol. The summed E-state index contributed by atoms with van der Waals surface area (Å²) in [5.74, 6) is -0.694. The highest BCUT2D eigenvalue weighted by molar-refractivity contribution is 6.06. The number of amides is 1. The number of aliphatic carboxylic acids is 1. The number of aromatic nitrogens is 3. The number of nitrogens with two attached hydrogens (primary N) is 1. The van der Waals surface area contributed by atoms with E-state index >= 15 is 0 Å². The number of aryl methyl sites for hydroxylation is 1. The number of pyridine rings is 1. The molecule has 0 bridgehead atoms. The Morgan fingerprint density at radius 2 is 1.82 bits per heavy atom. The van der Waals surface area contributed by atoms with Gasteiger partial charge < -0.3 is 10.8 Å². The van der Waals surface area contributed by atoms with Gasteiger partial charge in [-0.2, -0.15) is 5.10 Å². The fourth-order valence-electron chi connectivity index (χ4n) is 2.87. The number of carboxylic acids is 1. The standard InChI is InChI=1S/C20H21N5O3/c1-24-12-16(14-5-3-13(4-6-14)11-17(21)20(27)28)18(23-24)25(2)19(26)15-7-9-22-10-8-15/h3-10,12,17H,11,21H2,1-2H3,(H,27,28)/t17-/m0/s1. The average molecular weight is 379 g/mol. The molecular formula is C20H21N5O3. The van der Waals surface area contributed by atoms with Gasteiger partial charge in [-0.15, -0.1) is 0 Å². The number of hydrogen-bond acceptors (Lipinski definition) is 5. The molecule has 28 heavy (non-hydrogen) atoms. The van der Waals surface area contributed by atoms with E-state index in [1.54, 1.807) is 43.3 Å². The number of rotatable bonds is 6. The Morgan fingerprint density at radius 1 is 1.18 bits per heavy atom. The van der Waals surface area contributed by atoms with Gasteiger partial charge in [-0.1, -0.05) is 24.3 Å². The molecule has 144 valence electrons. The number of anilines is 1. The fourth-order valence-corrected chi connectivity index (χ4v) is 2.87. The number of benzene rings is 1. The van der Waals surface area contributed by atoms with Crippen LogP contribution >= 0.6 is 0 Å². The van der Waals surface area contributed by atoms with Crippen LogP contribution in [0.3, 0.4) is 0 Å². The minimum Gasteiger partial charge on any atom is -0.480 e. The van der Waals surface area contributed by atoms with E-state index in [9.17, 15) is 9.59 Å². The van der Waals surface area contributed by atoms with Gasteiger partial charge in [0.2, 0.25) is 0 Å². The molecular weight excluding hydrogens is 358 g/mol. The summed E-state index contributed by atoms with van der Waals surface area (Å²) in [6.07, 6.45) is 5.22. The van der Waals surface area contributed by atoms with Crippen LogP contribution < -0.4 is 10.6 Å². The van der Waals surface area contributed by atoms with Crippen molar-refractivity contribution in [2.24, 2.45) is 12.8 Å². The van der Waals surface area contributed by atoms with Crippen molar-refractivity contribution in [3.05, 3.63) is 66.1 Å². The van der Waals surface area contributed by atoms with Crippen molar-refractivity contribution in [3.8, 4) is 11.1 Å². The Balaban J connectivity index is 1.88. The smallest absolute Gasteiger partial charge is 0.320 e. The SMILES string of the molecule is CN(C(=O)c1ccncc1)c1nn(C)cc1-c1ccc(C[C@H](N)C(=O)O)cc1. The lowest BCUT2D eigenvalue weighted by molar-refractivity contribution is -0.138. The van der Waals surface area contributed by atoms with Gasteiger partial charge in [-0.3, -0.25) is 24.2 Å².